The molecule has 0 radical (unpaired) electrons. The van der Waals surface area contributed by atoms with E-state index in [1.807, 2.05) is 0 Å². The molecule has 1 aromatic rings. The fourth-order valence-electron chi connectivity index (χ4n) is 2.76. The van der Waals surface area contributed by atoms with Crippen LogP contribution in [-0.4, -0.2) is 43.0 Å². The van der Waals surface area contributed by atoms with Crippen molar-refractivity contribution in [2.75, 3.05) is 37.7 Å². The van der Waals surface area contributed by atoms with Gasteiger partial charge >= 0.3 is 0 Å². The molecule has 19 heavy (non-hydrogen) atoms. The number of hydrogen-bond donors (Lipinski definition) is 2. The monoisotopic (exact) mass is 263 g/mol. The first kappa shape index (κ1) is 14.3. The number of benzene rings is 1. The van der Waals surface area contributed by atoms with Gasteiger partial charge in [-0.15, -0.1) is 0 Å². The molecule has 0 aliphatic carbocycles. The number of rotatable bonds is 5. The van der Waals surface area contributed by atoms with Crippen LogP contribution in [0, 0.1) is 6.92 Å². The Balaban J connectivity index is 1.99. The van der Waals surface area contributed by atoms with Crippen molar-refractivity contribution in [2.24, 2.45) is 0 Å². The highest BCUT2D eigenvalue weighted by atomic mass is 16.5. The smallest absolute Gasteiger partial charge is 0.0724 e. The lowest BCUT2D eigenvalue weighted by molar-refractivity contribution is 0.0944. The number of piperazine rings is 1. The summed E-state index contributed by atoms with van der Waals surface area (Å²) in [6.45, 7) is 9.01. The summed E-state index contributed by atoms with van der Waals surface area (Å²) >= 11 is 0. The average molecular weight is 263 g/mol. The van der Waals surface area contributed by atoms with Crippen LogP contribution in [0.3, 0.4) is 0 Å². The third-order valence-corrected chi connectivity index (χ3v) is 3.81. The van der Waals surface area contributed by atoms with Crippen molar-refractivity contribution in [1.82, 2.24) is 10.4 Å². The Morgan fingerprint density at radius 1 is 1.21 bits per heavy atom. The van der Waals surface area contributed by atoms with Crippen LogP contribution < -0.4 is 10.4 Å². The molecule has 1 saturated heterocycles. The van der Waals surface area contributed by atoms with Gasteiger partial charge in [-0.1, -0.05) is 25.5 Å². The van der Waals surface area contributed by atoms with E-state index >= 15 is 0 Å². The second-order valence-corrected chi connectivity index (χ2v) is 5.29. The quantitative estimate of drug-likeness (QED) is 0.797. The molecule has 0 amide bonds. The normalized spacial score (nSPS) is 16.9. The van der Waals surface area contributed by atoms with Crippen molar-refractivity contribution in [3.8, 4) is 0 Å². The SMILES string of the molecule is CCCc1ccc(N2CCN(CNO)CC2)c(C)c1. The van der Waals surface area contributed by atoms with Crippen molar-refractivity contribution < 1.29 is 5.21 Å². The zero-order valence-electron chi connectivity index (χ0n) is 12.0. The maximum absolute atomic E-state index is 8.72. The number of nitrogens with one attached hydrogen (secondary N) is 1. The van der Waals surface area contributed by atoms with E-state index in [4.69, 9.17) is 5.21 Å². The Kier molecular flexibility index (Phi) is 5.19. The first-order valence-electron chi connectivity index (χ1n) is 7.18. The lowest BCUT2D eigenvalue weighted by atomic mass is 10.0. The van der Waals surface area contributed by atoms with Gasteiger partial charge in [0.1, 0.15) is 0 Å². The second-order valence-electron chi connectivity index (χ2n) is 5.29. The molecule has 0 spiro atoms. The average Bonchev–Trinajstić information content (AvgIpc) is 2.41. The van der Waals surface area contributed by atoms with Gasteiger partial charge in [-0.2, -0.15) is 5.48 Å². The molecule has 1 aromatic carbocycles. The molecule has 4 nitrogen and oxygen atoms in total. The van der Waals surface area contributed by atoms with E-state index in [0.29, 0.717) is 6.67 Å². The second kappa shape index (κ2) is 6.89. The van der Waals surface area contributed by atoms with Crippen molar-refractivity contribution in [3.05, 3.63) is 29.3 Å². The zero-order valence-corrected chi connectivity index (χ0v) is 12.0. The highest BCUT2D eigenvalue weighted by molar-refractivity contribution is 5.54. The highest BCUT2D eigenvalue weighted by Crippen LogP contribution is 2.23. The molecule has 1 heterocycles. The maximum Gasteiger partial charge on any atom is 0.0724 e. The predicted octanol–water partition coefficient (Wildman–Crippen LogP) is 2.01. The van der Waals surface area contributed by atoms with Crippen LogP contribution in [0.15, 0.2) is 18.2 Å². The first-order valence-corrected chi connectivity index (χ1v) is 7.18. The maximum atomic E-state index is 8.72. The topological polar surface area (TPSA) is 38.7 Å². The van der Waals surface area contributed by atoms with Gasteiger partial charge < -0.3 is 10.1 Å². The summed E-state index contributed by atoms with van der Waals surface area (Å²) in [5.74, 6) is 0. The van der Waals surface area contributed by atoms with Crippen LogP contribution in [0.5, 0.6) is 0 Å². The van der Waals surface area contributed by atoms with Gasteiger partial charge in [-0.05, 0) is 30.5 Å². The number of nitrogens with zero attached hydrogens (tertiary/aromatic N) is 2. The van der Waals surface area contributed by atoms with Crippen molar-refractivity contribution in [2.45, 2.75) is 26.7 Å². The largest absolute Gasteiger partial charge is 0.369 e. The fraction of sp³-hybridized carbons (Fsp3) is 0.600. The van der Waals surface area contributed by atoms with Crippen LogP contribution in [0.25, 0.3) is 0 Å². The van der Waals surface area contributed by atoms with Crippen molar-refractivity contribution in [1.29, 1.82) is 0 Å². The molecule has 1 aliphatic rings. The molecule has 0 saturated carbocycles. The summed E-state index contributed by atoms with van der Waals surface area (Å²) in [5.41, 5.74) is 6.40. The minimum absolute atomic E-state index is 0.558. The van der Waals surface area contributed by atoms with E-state index in [0.717, 1.165) is 32.6 Å². The van der Waals surface area contributed by atoms with Gasteiger partial charge in [0.15, 0.2) is 0 Å². The number of hydrogen-bond acceptors (Lipinski definition) is 4. The molecule has 4 heteroatoms. The summed E-state index contributed by atoms with van der Waals surface area (Å²) in [5, 5.41) is 8.72. The Hall–Kier alpha value is -1.10. The summed E-state index contributed by atoms with van der Waals surface area (Å²) in [6.07, 6.45) is 2.36. The minimum Gasteiger partial charge on any atom is -0.369 e. The number of anilines is 1. The molecule has 0 atom stereocenters. The van der Waals surface area contributed by atoms with Gasteiger partial charge in [0, 0.05) is 31.9 Å². The highest BCUT2D eigenvalue weighted by Gasteiger charge is 2.17. The Morgan fingerprint density at radius 3 is 2.53 bits per heavy atom. The summed E-state index contributed by atoms with van der Waals surface area (Å²) < 4.78 is 0. The van der Waals surface area contributed by atoms with E-state index in [-0.39, 0.29) is 0 Å². The minimum atomic E-state index is 0.558. The lowest BCUT2D eigenvalue weighted by Crippen LogP contribution is -2.49. The third-order valence-electron chi connectivity index (χ3n) is 3.81. The molecule has 0 aromatic heterocycles. The summed E-state index contributed by atoms with van der Waals surface area (Å²) in [6, 6.07) is 6.84. The molecule has 0 bridgehead atoms. The Labute approximate surface area is 116 Å². The zero-order chi connectivity index (χ0) is 13.7. The van der Waals surface area contributed by atoms with E-state index in [1.165, 1.54) is 23.2 Å². The van der Waals surface area contributed by atoms with Gasteiger partial charge in [-0.25, -0.2) is 0 Å². The molecule has 2 rings (SSSR count). The van der Waals surface area contributed by atoms with Crippen LogP contribution in [0.1, 0.15) is 24.5 Å². The molecular formula is C15H25N3O. The molecule has 0 unspecified atom stereocenters. The fourth-order valence-corrected chi connectivity index (χ4v) is 2.76. The first-order chi connectivity index (χ1) is 9.24. The van der Waals surface area contributed by atoms with Crippen LogP contribution in [-0.2, 0) is 6.42 Å². The van der Waals surface area contributed by atoms with Gasteiger partial charge in [0.2, 0.25) is 0 Å². The van der Waals surface area contributed by atoms with Crippen LogP contribution in [0.4, 0.5) is 5.69 Å². The molecule has 1 fully saturated rings. The van der Waals surface area contributed by atoms with Crippen molar-refractivity contribution in [3.63, 3.8) is 0 Å². The van der Waals surface area contributed by atoms with Gasteiger partial charge in [0.25, 0.3) is 0 Å². The summed E-state index contributed by atoms with van der Waals surface area (Å²) in [7, 11) is 0. The molecule has 1 aliphatic heterocycles. The number of hydroxylamine groups is 1. The van der Waals surface area contributed by atoms with E-state index in [1.54, 1.807) is 0 Å². The predicted molar refractivity (Wildman–Crippen MR) is 78.7 cm³/mol. The molecule has 2 N–H and O–H groups in total. The van der Waals surface area contributed by atoms with E-state index in [2.05, 4.69) is 47.3 Å². The van der Waals surface area contributed by atoms with E-state index < -0.39 is 0 Å². The lowest BCUT2D eigenvalue weighted by Gasteiger charge is -2.36. The van der Waals surface area contributed by atoms with Gasteiger partial charge in [0.05, 0.1) is 6.67 Å². The Morgan fingerprint density at radius 2 is 1.95 bits per heavy atom. The molecular weight excluding hydrogens is 238 g/mol. The standard InChI is InChI=1S/C15H25N3O/c1-3-4-14-5-6-15(13(2)11-14)18-9-7-17(8-10-18)12-16-19/h5-6,11,16,19H,3-4,7-10,12H2,1-2H3. The van der Waals surface area contributed by atoms with Crippen LogP contribution >= 0.6 is 0 Å². The summed E-state index contributed by atoms with van der Waals surface area (Å²) in [4.78, 5) is 4.66. The van der Waals surface area contributed by atoms with Gasteiger partial charge in [-0.3, -0.25) is 4.90 Å². The molecule has 106 valence electrons. The third kappa shape index (κ3) is 3.69. The van der Waals surface area contributed by atoms with Crippen molar-refractivity contribution >= 4 is 5.69 Å². The Bertz CT molecular complexity index is 400. The van der Waals surface area contributed by atoms with Crippen LogP contribution in [0.2, 0.25) is 0 Å². The number of aryl methyl sites for hydroxylation is 2. The van der Waals surface area contributed by atoms with E-state index in [9.17, 15) is 0 Å².